The van der Waals surface area contributed by atoms with Crippen molar-refractivity contribution in [3.05, 3.63) is 58.6 Å². The van der Waals surface area contributed by atoms with Gasteiger partial charge < -0.3 is 10.1 Å². The van der Waals surface area contributed by atoms with Crippen LogP contribution in [0.1, 0.15) is 23.5 Å². The number of ether oxygens (including phenoxy) is 1. The minimum Gasteiger partial charge on any atom is -0.493 e. The second-order valence-electron chi connectivity index (χ2n) is 5.24. The van der Waals surface area contributed by atoms with Crippen molar-refractivity contribution in [2.24, 2.45) is 0 Å². The predicted octanol–water partition coefficient (Wildman–Crippen LogP) is 4.63. The number of halogens is 1. The van der Waals surface area contributed by atoms with Gasteiger partial charge in [-0.1, -0.05) is 35.9 Å². The van der Waals surface area contributed by atoms with E-state index in [1.165, 1.54) is 11.1 Å². The van der Waals surface area contributed by atoms with Crippen LogP contribution in [-0.2, 0) is 0 Å². The molecule has 2 aromatic carbocycles. The average Bonchev–Trinajstić information content (AvgIpc) is 2.46. The molecule has 0 bridgehead atoms. The smallest absolute Gasteiger partial charge is 0.122 e. The number of para-hydroxylation sites is 1. The zero-order valence-electron chi connectivity index (χ0n) is 11.5. The molecule has 0 saturated carbocycles. The Hall–Kier alpha value is -1.67. The van der Waals surface area contributed by atoms with Crippen molar-refractivity contribution in [1.29, 1.82) is 0 Å². The highest BCUT2D eigenvalue weighted by Crippen LogP contribution is 2.34. The third-order valence-corrected chi connectivity index (χ3v) is 4.06. The lowest BCUT2D eigenvalue weighted by molar-refractivity contribution is 0.270. The number of rotatable bonds is 3. The minimum atomic E-state index is 0.470. The maximum absolute atomic E-state index is 6.26. The van der Waals surface area contributed by atoms with Crippen LogP contribution in [0, 0.1) is 6.92 Å². The first-order valence-electron chi connectivity index (χ1n) is 6.96. The summed E-state index contributed by atoms with van der Waals surface area (Å²) in [6.07, 6.45) is 1.04. The van der Waals surface area contributed by atoms with Gasteiger partial charge in [-0.15, -0.1) is 0 Å². The van der Waals surface area contributed by atoms with Crippen LogP contribution in [0.2, 0.25) is 5.02 Å². The largest absolute Gasteiger partial charge is 0.493 e. The first-order chi connectivity index (χ1) is 9.74. The summed E-state index contributed by atoms with van der Waals surface area (Å²) in [6, 6.07) is 14.4. The van der Waals surface area contributed by atoms with Crippen molar-refractivity contribution in [2.75, 3.05) is 18.5 Å². The predicted molar refractivity (Wildman–Crippen MR) is 84.0 cm³/mol. The van der Waals surface area contributed by atoms with E-state index in [9.17, 15) is 0 Å². The van der Waals surface area contributed by atoms with E-state index in [1.54, 1.807) is 0 Å². The molecule has 1 aliphatic heterocycles. The standard InChI is InChI=1S/C17H18ClNO/c1-12-6-7-16(15(18)10-12)19-11-13-8-9-20-17-5-3-2-4-14(13)17/h2-7,10,13,19H,8-9,11H2,1H3. The van der Waals surface area contributed by atoms with Crippen LogP contribution in [-0.4, -0.2) is 13.2 Å². The second-order valence-corrected chi connectivity index (χ2v) is 5.64. The van der Waals surface area contributed by atoms with Crippen LogP contribution >= 0.6 is 11.6 Å². The molecule has 0 fully saturated rings. The summed E-state index contributed by atoms with van der Waals surface area (Å²) < 4.78 is 5.69. The Kier molecular flexibility index (Phi) is 3.83. The molecule has 0 aliphatic carbocycles. The van der Waals surface area contributed by atoms with Crippen LogP contribution in [0.15, 0.2) is 42.5 Å². The Labute approximate surface area is 124 Å². The molecule has 2 nitrogen and oxygen atoms in total. The lowest BCUT2D eigenvalue weighted by Gasteiger charge is -2.26. The van der Waals surface area contributed by atoms with Crippen LogP contribution < -0.4 is 10.1 Å². The monoisotopic (exact) mass is 287 g/mol. The summed E-state index contributed by atoms with van der Waals surface area (Å²) in [5.41, 5.74) is 3.47. The van der Waals surface area contributed by atoms with Crippen molar-refractivity contribution in [1.82, 2.24) is 0 Å². The van der Waals surface area contributed by atoms with Crippen molar-refractivity contribution >= 4 is 17.3 Å². The van der Waals surface area contributed by atoms with E-state index in [0.29, 0.717) is 5.92 Å². The Morgan fingerprint density at radius 1 is 1.25 bits per heavy atom. The van der Waals surface area contributed by atoms with Gasteiger partial charge >= 0.3 is 0 Å². The van der Waals surface area contributed by atoms with Gasteiger partial charge in [0, 0.05) is 12.5 Å². The van der Waals surface area contributed by atoms with E-state index in [-0.39, 0.29) is 0 Å². The molecule has 1 atom stereocenters. The van der Waals surface area contributed by atoms with Gasteiger partial charge in [0.1, 0.15) is 5.75 Å². The van der Waals surface area contributed by atoms with Gasteiger partial charge in [0.05, 0.1) is 17.3 Å². The zero-order chi connectivity index (χ0) is 13.9. The van der Waals surface area contributed by atoms with E-state index in [4.69, 9.17) is 16.3 Å². The molecule has 20 heavy (non-hydrogen) atoms. The first-order valence-corrected chi connectivity index (χ1v) is 7.33. The highest BCUT2D eigenvalue weighted by atomic mass is 35.5. The highest BCUT2D eigenvalue weighted by molar-refractivity contribution is 6.33. The molecule has 1 unspecified atom stereocenters. The maximum atomic E-state index is 6.26. The van der Waals surface area contributed by atoms with Gasteiger partial charge in [-0.3, -0.25) is 0 Å². The third-order valence-electron chi connectivity index (χ3n) is 3.75. The Balaban J connectivity index is 1.73. The van der Waals surface area contributed by atoms with Crippen LogP contribution in [0.4, 0.5) is 5.69 Å². The average molecular weight is 288 g/mol. The summed E-state index contributed by atoms with van der Waals surface area (Å²) in [7, 11) is 0. The van der Waals surface area contributed by atoms with Gasteiger partial charge in [0.25, 0.3) is 0 Å². The van der Waals surface area contributed by atoms with E-state index in [1.807, 2.05) is 31.2 Å². The molecule has 0 spiro atoms. The van der Waals surface area contributed by atoms with Crippen molar-refractivity contribution in [2.45, 2.75) is 19.3 Å². The van der Waals surface area contributed by atoms with E-state index < -0.39 is 0 Å². The van der Waals surface area contributed by atoms with Gasteiger partial charge in [-0.2, -0.15) is 0 Å². The van der Waals surface area contributed by atoms with Crippen molar-refractivity contribution in [3.63, 3.8) is 0 Å². The Morgan fingerprint density at radius 2 is 2.10 bits per heavy atom. The molecule has 3 heteroatoms. The van der Waals surface area contributed by atoms with Gasteiger partial charge in [-0.25, -0.2) is 0 Å². The molecule has 2 aromatic rings. The fraction of sp³-hybridized carbons (Fsp3) is 0.294. The fourth-order valence-corrected chi connectivity index (χ4v) is 2.93. The van der Waals surface area contributed by atoms with E-state index >= 15 is 0 Å². The van der Waals surface area contributed by atoms with E-state index in [0.717, 1.165) is 36.0 Å². The SMILES string of the molecule is Cc1ccc(NCC2CCOc3ccccc32)c(Cl)c1. The first kappa shape index (κ1) is 13.3. The summed E-state index contributed by atoms with van der Waals surface area (Å²) in [5, 5.41) is 4.25. The highest BCUT2D eigenvalue weighted by Gasteiger charge is 2.20. The Bertz CT molecular complexity index is 612. The number of nitrogens with one attached hydrogen (secondary N) is 1. The summed E-state index contributed by atoms with van der Waals surface area (Å²) in [4.78, 5) is 0. The van der Waals surface area contributed by atoms with Gasteiger partial charge in [0.15, 0.2) is 0 Å². The number of hydrogen-bond acceptors (Lipinski definition) is 2. The molecule has 1 N–H and O–H groups in total. The molecular weight excluding hydrogens is 270 g/mol. The van der Waals surface area contributed by atoms with Crippen molar-refractivity contribution in [3.8, 4) is 5.75 Å². The lowest BCUT2D eigenvalue weighted by Crippen LogP contribution is -2.20. The molecular formula is C17H18ClNO. The summed E-state index contributed by atoms with van der Waals surface area (Å²) >= 11 is 6.26. The van der Waals surface area contributed by atoms with Crippen molar-refractivity contribution < 1.29 is 4.74 Å². The number of aryl methyl sites for hydroxylation is 1. The number of fused-ring (bicyclic) bond motifs is 1. The lowest BCUT2D eigenvalue weighted by atomic mass is 9.93. The van der Waals surface area contributed by atoms with E-state index in [2.05, 4.69) is 23.5 Å². The van der Waals surface area contributed by atoms with Gasteiger partial charge in [-0.05, 0) is 42.7 Å². The molecule has 0 amide bonds. The number of benzene rings is 2. The van der Waals surface area contributed by atoms with Crippen LogP contribution in [0.5, 0.6) is 5.75 Å². The molecule has 1 heterocycles. The molecule has 0 radical (unpaired) electrons. The summed E-state index contributed by atoms with van der Waals surface area (Å²) in [5.74, 6) is 1.48. The second kappa shape index (κ2) is 5.76. The normalized spacial score (nSPS) is 17.2. The zero-order valence-corrected chi connectivity index (χ0v) is 12.3. The minimum absolute atomic E-state index is 0.470. The van der Waals surface area contributed by atoms with Crippen LogP contribution in [0.25, 0.3) is 0 Å². The Morgan fingerprint density at radius 3 is 2.95 bits per heavy atom. The summed E-state index contributed by atoms with van der Waals surface area (Å²) in [6.45, 7) is 3.71. The maximum Gasteiger partial charge on any atom is 0.122 e. The van der Waals surface area contributed by atoms with Gasteiger partial charge in [0.2, 0.25) is 0 Å². The topological polar surface area (TPSA) is 21.3 Å². The molecule has 1 aliphatic rings. The number of anilines is 1. The molecule has 104 valence electrons. The molecule has 0 saturated heterocycles. The quantitative estimate of drug-likeness (QED) is 0.889. The third kappa shape index (κ3) is 2.75. The molecule has 0 aromatic heterocycles. The molecule has 3 rings (SSSR count). The van der Waals surface area contributed by atoms with Crippen LogP contribution in [0.3, 0.4) is 0 Å². The number of hydrogen-bond donors (Lipinski definition) is 1. The fourth-order valence-electron chi connectivity index (χ4n) is 2.62.